The maximum absolute atomic E-state index is 6.01. The molecular formula is C16H16ClIO. The molecule has 0 saturated heterocycles. The zero-order chi connectivity index (χ0) is 13.7. The molecule has 0 aliphatic rings. The zero-order valence-electron chi connectivity index (χ0n) is 10.8. The van der Waals surface area contributed by atoms with Gasteiger partial charge in [-0.25, -0.2) is 0 Å². The van der Waals surface area contributed by atoms with E-state index in [4.69, 9.17) is 16.3 Å². The van der Waals surface area contributed by atoms with Gasteiger partial charge < -0.3 is 4.74 Å². The van der Waals surface area contributed by atoms with Gasteiger partial charge in [-0.1, -0.05) is 76.2 Å². The number of alkyl halides is 1. The Balaban J connectivity index is 2.01. The maximum atomic E-state index is 6.01. The van der Waals surface area contributed by atoms with Crippen LogP contribution in [0, 0.1) is 6.92 Å². The van der Waals surface area contributed by atoms with Gasteiger partial charge >= 0.3 is 0 Å². The topological polar surface area (TPSA) is 9.23 Å². The molecule has 0 spiro atoms. The van der Waals surface area contributed by atoms with E-state index in [1.54, 1.807) is 0 Å². The molecule has 0 radical (unpaired) electrons. The summed E-state index contributed by atoms with van der Waals surface area (Å²) in [6, 6.07) is 16.3. The predicted molar refractivity (Wildman–Crippen MR) is 89.0 cm³/mol. The fraction of sp³-hybridized carbons (Fsp3) is 0.250. The van der Waals surface area contributed by atoms with Crippen molar-refractivity contribution in [1.29, 1.82) is 0 Å². The smallest absolute Gasteiger partial charge is 0.0918 e. The van der Waals surface area contributed by atoms with E-state index in [0.717, 1.165) is 15.0 Å². The minimum atomic E-state index is 0.135. The Hall–Kier alpha value is -0.580. The normalized spacial score (nSPS) is 12.4. The average molecular weight is 387 g/mol. The van der Waals surface area contributed by atoms with Crippen LogP contribution in [-0.2, 0) is 11.3 Å². The molecule has 2 aromatic rings. The first kappa shape index (κ1) is 14.8. The van der Waals surface area contributed by atoms with Crippen LogP contribution >= 0.6 is 34.2 Å². The van der Waals surface area contributed by atoms with Crippen molar-refractivity contribution in [3.63, 3.8) is 0 Å². The second kappa shape index (κ2) is 7.27. The highest BCUT2D eigenvalue weighted by Gasteiger charge is 2.10. The number of ether oxygens (including phenoxy) is 1. The predicted octanol–water partition coefficient (Wildman–Crippen LogP) is 5.34. The monoisotopic (exact) mass is 386 g/mol. The van der Waals surface area contributed by atoms with Crippen LogP contribution in [0.15, 0.2) is 48.5 Å². The molecule has 0 amide bonds. The van der Waals surface area contributed by atoms with Crippen molar-refractivity contribution in [1.82, 2.24) is 0 Å². The highest BCUT2D eigenvalue weighted by atomic mass is 127. The van der Waals surface area contributed by atoms with Crippen LogP contribution in [0.2, 0.25) is 5.02 Å². The third-order valence-electron chi connectivity index (χ3n) is 2.92. The first-order valence-corrected chi connectivity index (χ1v) is 8.08. The van der Waals surface area contributed by atoms with Gasteiger partial charge in [-0.15, -0.1) is 0 Å². The molecule has 0 bridgehead atoms. The van der Waals surface area contributed by atoms with Crippen LogP contribution in [0.25, 0.3) is 0 Å². The van der Waals surface area contributed by atoms with Crippen LogP contribution in [0.5, 0.6) is 0 Å². The van der Waals surface area contributed by atoms with E-state index in [1.165, 1.54) is 11.1 Å². The number of aryl methyl sites for hydroxylation is 1. The van der Waals surface area contributed by atoms with Crippen molar-refractivity contribution in [3.05, 3.63) is 70.2 Å². The van der Waals surface area contributed by atoms with Gasteiger partial charge in [-0.3, -0.25) is 0 Å². The lowest BCUT2D eigenvalue weighted by Gasteiger charge is -2.16. The van der Waals surface area contributed by atoms with Gasteiger partial charge in [0.15, 0.2) is 0 Å². The Morgan fingerprint density at radius 3 is 2.53 bits per heavy atom. The van der Waals surface area contributed by atoms with E-state index in [1.807, 2.05) is 24.3 Å². The Morgan fingerprint density at radius 2 is 1.89 bits per heavy atom. The first-order valence-electron chi connectivity index (χ1n) is 6.17. The molecule has 19 heavy (non-hydrogen) atoms. The van der Waals surface area contributed by atoms with E-state index < -0.39 is 0 Å². The van der Waals surface area contributed by atoms with E-state index in [9.17, 15) is 0 Å². The summed E-state index contributed by atoms with van der Waals surface area (Å²) in [5, 5.41) is 0.757. The third-order valence-corrected chi connectivity index (χ3v) is 3.97. The summed E-state index contributed by atoms with van der Waals surface area (Å²) in [5.74, 6) is 0. The molecule has 2 rings (SSSR count). The number of benzene rings is 2. The van der Waals surface area contributed by atoms with Crippen LogP contribution in [-0.4, -0.2) is 4.43 Å². The number of rotatable bonds is 5. The Kier molecular flexibility index (Phi) is 5.67. The fourth-order valence-corrected chi connectivity index (χ4v) is 2.77. The highest BCUT2D eigenvalue weighted by molar-refractivity contribution is 14.1. The fourth-order valence-electron chi connectivity index (χ4n) is 1.88. The van der Waals surface area contributed by atoms with Gasteiger partial charge in [-0.05, 0) is 30.2 Å². The van der Waals surface area contributed by atoms with Crippen molar-refractivity contribution >= 4 is 34.2 Å². The van der Waals surface area contributed by atoms with E-state index in [-0.39, 0.29) is 6.10 Å². The minimum absolute atomic E-state index is 0.135. The zero-order valence-corrected chi connectivity index (χ0v) is 13.7. The molecule has 0 N–H and O–H groups in total. The lowest BCUT2D eigenvalue weighted by molar-refractivity contribution is 0.0577. The number of halogens is 2. The molecule has 1 nitrogen and oxygen atoms in total. The van der Waals surface area contributed by atoms with Crippen molar-refractivity contribution in [2.24, 2.45) is 0 Å². The largest absolute Gasteiger partial charge is 0.368 e. The van der Waals surface area contributed by atoms with E-state index in [0.29, 0.717) is 6.61 Å². The second-order valence-electron chi connectivity index (χ2n) is 4.49. The van der Waals surface area contributed by atoms with Crippen molar-refractivity contribution in [2.75, 3.05) is 4.43 Å². The Labute approximate surface area is 133 Å². The molecule has 1 atom stereocenters. The summed E-state index contributed by atoms with van der Waals surface area (Å²) in [5.41, 5.74) is 3.65. The average Bonchev–Trinajstić information content (AvgIpc) is 2.42. The Bertz CT molecular complexity index is 525. The number of hydrogen-bond donors (Lipinski definition) is 0. The van der Waals surface area contributed by atoms with E-state index in [2.05, 4.69) is 53.8 Å². The van der Waals surface area contributed by atoms with Crippen LogP contribution < -0.4 is 0 Å². The molecule has 0 aliphatic heterocycles. The summed E-state index contributed by atoms with van der Waals surface area (Å²) < 4.78 is 6.95. The van der Waals surface area contributed by atoms with Crippen LogP contribution in [0.4, 0.5) is 0 Å². The van der Waals surface area contributed by atoms with Gasteiger partial charge in [0, 0.05) is 9.45 Å². The number of hydrogen-bond acceptors (Lipinski definition) is 1. The molecule has 1 unspecified atom stereocenters. The Morgan fingerprint density at radius 1 is 1.16 bits per heavy atom. The van der Waals surface area contributed by atoms with Crippen molar-refractivity contribution < 1.29 is 4.74 Å². The van der Waals surface area contributed by atoms with Crippen LogP contribution in [0.1, 0.15) is 22.8 Å². The first-order chi connectivity index (χ1) is 9.19. The molecule has 2 aromatic carbocycles. The molecule has 3 heteroatoms. The lowest BCUT2D eigenvalue weighted by Crippen LogP contribution is -2.06. The molecule has 0 saturated carbocycles. The van der Waals surface area contributed by atoms with Gasteiger partial charge in [0.2, 0.25) is 0 Å². The van der Waals surface area contributed by atoms with E-state index >= 15 is 0 Å². The molecule has 100 valence electrons. The summed E-state index contributed by atoms with van der Waals surface area (Å²) in [6.07, 6.45) is 0.135. The summed E-state index contributed by atoms with van der Waals surface area (Å²) in [6.45, 7) is 2.71. The summed E-state index contributed by atoms with van der Waals surface area (Å²) in [4.78, 5) is 0. The molecular weight excluding hydrogens is 371 g/mol. The van der Waals surface area contributed by atoms with Gasteiger partial charge in [0.05, 0.1) is 12.7 Å². The SMILES string of the molecule is Cc1cccc(C(CI)OCc2ccc(Cl)cc2)c1. The maximum Gasteiger partial charge on any atom is 0.0918 e. The minimum Gasteiger partial charge on any atom is -0.368 e. The summed E-state index contributed by atoms with van der Waals surface area (Å²) >= 11 is 8.24. The second-order valence-corrected chi connectivity index (χ2v) is 5.81. The standard InChI is InChI=1S/C16H16ClIO/c1-12-3-2-4-14(9-12)16(10-18)19-11-13-5-7-15(17)8-6-13/h2-9,16H,10-11H2,1H3. The van der Waals surface area contributed by atoms with Crippen molar-refractivity contribution in [2.45, 2.75) is 19.6 Å². The van der Waals surface area contributed by atoms with Crippen molar-refractivity contribution in [3.8, 4) is 0 Å². The van der Waals surface area contributed by atoms with Gasteiger partial charge in [-0.2, -0.15) is 0 Å². The third kappa shape index (κ3) is 4.48. The molecule has 0 aromatic heterocycles. The quantitative estimate of drug-likeness (QED) is 0.498. The summed E-state index contributed by atoms with van der Waals surface area (Å²) in [7, 11) is 0. The molecule has 0 aliphatic carbocycles. The lowest BCUT2D eigenvalue weighted by atomic mass is 10.1. The van der Waals surface area contributed by atoms with Gasteiger partial charge in [0.25, 0.3) is 0 Å². The highest BCUT2D eigenvalue weighted by Crippen LogP contribution is 2.22. The van der Waals surface area contributed by atoms with Gasteiger partial charge in [0.1, 0.15) is 0 Å². The molecule has 0 heterocycles. The van der Waals surface area contributed by atoms with Crippen LogP contribution in [0.3, 0.4) is 0 Å². The molecule has 0 fully saturated rings.